The van der Waals surface area contributed by atoms with E-state index in [0.29, 0.717) is 0 Å². The molecule has 94 valence electrons. The predicted octanol–water partition coefficient (Wildman–Crippen LogP) is 4.34. The Hall–Kier alpha value is -1.86. The van der Waals surface area contributed by atoms with Crippen molar-refractivity contribution in [1.82, 2.24) is 0 Å². The molecule has 0 N–H and O–H groups in total. The van der Waals surface area contributed by atoms with E-state index >= 15 is 0 Å². The van der Waals surface area contributed by atoms with Crippen molar-refractivity contribution in [3.05, 3.63) is 70.9 Å². The Balaban J connectivity index is 1.92. The van der Waals surface area contributed by atoms with Gasteiger partial charge in [-0.2, -0.15) is 0 Å². The van der Waals surface area contributed by atoms with Crippen molar-refractivity contribution in [3.63, 3.8) is 0 Å². The topological polar surface area (TPSA) is 0 Å². The molecule has 0 amide bonds. The SMILES string of the molecule is C[Si](C)(/C=C/c1ccccc1)c1cccc2c1C=C2. The summed E-state index contributed by atoms with van der Waals surface area (Å²) in [4.78, 5) is 0. The molecule has 2 aromatic rings. The Morgan fingerprint density at radius 3 is 2.32 bits per heavy atom. The fraction of sp³-hybridized carbons (Fsp3) is 0.111. The van der Waals surface area contributed by atoms with Gasteiger partial charge in [0.2, 0.25) is 0 Å². The molecule has 0 spiro atoms. The summed E-state index contributed by atoms with van der Waals surface area (Å²) in [6, 6.07) is 17.2. The number of benzene rings is 2. The summed E-state index contributed by atoms with van der Waals surface area (Å²) in [5, 5.41) is 1.54. The van der Waals surface area contributed by atoms with Crippen LogP contribution in [0.25, 0.3) is 18.2 Å². The number of hydrogen-bond acceptors (Lipinski definition) is 0. The van der Waals surface area contributed by atoms with E-state index in [4.69, 9.17) is 0 Å². The van der Waals surface area contributed by atoms with Crippen LogP contribution in [0.15, 0.2) is 54.2 Å². The van der Waals surface area contributed by atoms with Gasteiger partial charge in [-0.05, 0) is 21.9 Å². The number of hydrogen-bond donors (Lipinski definition) is 0. The Morgan fingerprint density at radius 1 is 0.842 bits per heavy atom. The minimum atomic E-state index is -1.52. The van der Waals surface area contributed by atoms with Crippen LogP contribution < -0.4 is 5.19 Å². The van der Waals surface area contributed by atoms with Gasteiger partial charge in [0, 0.05) is 0 Å². The Labute approximate surface area is 116 Å². The van der Waals surface area contributed by atoms with E-state index in [-0.39, 0.29) is 0 Å². The van der Waals surface area contributed by atoms with Gasteiger partial charge in [-0.25, -0.2) is 0 Å². The second kappa shape index (κ2) is 4.67. The standard InChI is InChI=1S/C18H18Si/c1-19(2,14-13-15-7-4-3-5-8-15)18-10-6-9-16-11-12-17(16)18/h3-14H,1-2H3/b14-13+. The summed E-state index contributed by atoms with van der Waals surface area (Å²) >= 11 is 0. The predicted molar refractivity (Wildman–Crippen MR) is 88.0 cm³/mol. The highest BCUT2D eigenvalue weighted by molar-refractivity contribution is 6.95. The minimum Gasteiger partial charge on any atom is -0.0897 e. The van der Waals surface area contributed by atoms with Gasteiger partial charge in [-0.1, -0.05) is 85.6 Å². The Morgan fingerprint density at radius 2 is 1.63 bits per heavy atom. The van der Waals surface area contributed by atoms with Crippen LogP contribution in [-0.2, 0) is 0 Å². The van der Waals surface area contributed by atoms with Crippen LogP contribution in [0, 0.1) is 0 Å². The van der Waals surface area contributed by atoms with Crippen LogP contribution in [-0.4, -0.2) is 8.07 Å². The van der Waals surface area contributed by atoms with Crippen LogP contribution in [0.3, 0.4) is 0 Å². The summed E-state index contributed by atoms with van der Waals surface area (Å²) in [6.45, 7) is 4.82. The van der Waals surface area contributed by atoms with E-state index in [0.717, 1.165) is 0 Å². The van der Waals surface area contributed by atoms with Crippen molar-refractivity contribution in [3.8, 4) is 0 Å². The van der Waals surface area contributed by atoms with E-state index in [1.807, 2.05) is 0 Å². The molecule has 0 saturated carbocycles. The highest BCUT2D eigenvalue weighted by Gasteiger charge is 2.25. The van der Waals surface area contributed by atoms with Crippen LogP contribution in [0.1, 0.15) is 16.7 Å². The molecule has 0 bridgehead atoms. The first-order valence-corrected chi connectivity index (χ1v) is 9.80. The molecule has 0 unspecified atom stereocenters. The van der Waals surface area contributed by atoms with Crippen molar-refractivity contribution in [1.29, 1.82) is 0 Å². The molecule has 0 aliphatic heterocycles. The van der Waals surface area contributed by atoms with Crippen LogP contribution in [0.4, 0.5) is 0 Å². The van der Waals surface area contributed by atoms with E-state index < -0.39 is 8.07 Å². The summed E-state index contributed by atoms with van der Waals surface area (Å²) < 4.78 is 0. The van der Waals surface area contributed by atoms with E-state index in [2.05, 4.69) is 85.6 Å². The fourth-order valence-corrected chi connectivity index (χ4v) is 4.75. The van der Waals surface area contributed by atoms with E-state index in [9.17, 15) is 0 Å². The van der Waals surface area contributed by atoms with Gasteiger partial charge in [-0.3, -0.25) is 0 Å². The van der Waals surface area contributed by atoms with Gasteiger partial charge < -0.3 is 0 Å². The normalized spacial score (nSPS) is 13.4. The number of rotatable bonds is 3. The van der Waals surface area contributed by atoms with Crippen LogP contribution in [0.5, 0.6) is 0 Å². The summed E-state index contributed by atoms with van der Waals surface area (Å²) in [6.07, 6.45) is 6.72. The average molecular weight is 262 g/mol. The smallest absolute Gasteiger partial charge is 0.0897 e. The lowest BCUT2D eigenvalue weighted by Crippen LogP contribution is -2.42. The first kappa shape index (κ1) is 12.2. The molecule has 1 aliphatic carbocycles. The van der Waals surface area contributed by atoms with E-state index in [1.54, 1.807) is 5.19 Å². The monoisotopic (exact) mass is 262 g/mol. The molecule has 0 atom stereocenters. The van der Waals surface area contributed by atoms with Crippen LogP contribution in [0.2, 0.25) is 13.1 Å². The third-order valence-electron chi connectivity index (χ3n) is 3.76. The zero-order valence-electron chi connectivity index (χ0n) is 11.4. The molecular weight excluding hydrogens is 244 g/mol. The molecule has 0 aromatic heterocycles. The third-order valence-corrected chi connectivity index (χ3v) is 6.58. The van der Waals surface area contributed by atoms with Crippen LogP contribution >= 0.6 is 0 Å². The van der Waals surface area contributed by atoms with E-state index in [1.165, 1.54) is 16.7 Å². The zero-order valence-corrected chi connectivity index (χ0v) is 12.4. The number of fused-ring (bicyclic) bond motifs is 1. The maximum absolute atomic E-state index is 2.43. The van der Waals surface area contributed by atoms with Gasteiger partial charge in [0.1, 0.15) is 8.07 Å². The second-order valence-corrected chi connectivity index (χ2v) is 9.92. The lowest BCUT2D eigenvalue weighted by Gasteiger charge is -2.25. The van der Waals surface area contributed by atoms with Gasteiger partial charge in [0.15, 0.2) is 0 Å². The molecule has 1 heteroatoms. The molecule has 0 nitrogen and oxygen atoms in total. The minimum absolute atomic E-state index is 1.29. The van der Waals surface area contributed by atoms with Gasteiger partial charge in [0.05, 0.1) is 0 Å². The fourth-order valence-electron chi connectivity index (χ4n) is 2.51. The quantitative estimate of drug-likeness (QED) is 0.616. The highest BCUT2D eigenvalue weighted by Crippen LogP contribution is 2.24. The van der Waals surface area contributed by atoms with Gasteiger partial charge in [0.25, 0.3) is 0 Å². The van der Waals surface area contributed by atoms with Crippen molar-refractivity contribution < 1.29 is 0 Å². The molecular formula is C18H18Si. The lowest BCUT2D eigenvalue weighted by molar-refractivity contribution is 1.59. The molecule has 0 saturated heterocycles. The summed E-state index contributed by atoms with van der Waals surface area (Å²) in [7, 11) is -1.52. The first-order chi connectivity index (χ1) is 9.17. The van der Waals surface area contributed by atoms with Crippen molar-refractivity contribution in [2.75, 3.05) is 0 Å². The molecule has 0 heterocycles. The highest BCUT2D eigenvalue weighted by atomic mass is 28.3. The van der Waals surface area contributed by atoms with Gasteiger partial charge in [-0.15, -0.1) is 0 Å². The average Bonchev–Trinajstić information content (AvgIpc) is 2.39. The van der Waals surface area contributed by atoms with Crippen molar-refractivity contribution in [2.45, 2.75) is 13.1 Å². The molecule has 1 aliphatic rings. The molecule has 0 radical (unpaired) electrons. The van der Waals surface area contributed by atoms with Crippen molar-refractivity contribution in [2.24, 2.45) is 0 Å². The summed E-state index contributed by atoms with van der Waals surface area (Å²) in [5.74, 6) is 0. The van der Waals surface area contributed by atoms with Crippen molar-refractivity contribution >= 4 is 31.5 Å². The lowest BCUT2D eigenvalue weighted by atomic mass is 9.98. The summed E-state index contributed by atoms with van der Waals surface area (Å²) in [5.41, 5.74) is 6.57. The second-order valence-electron chi connectivity index (χ2n) is 5.61. The zero-order chi connectivity index (χ0) is 13.3. The maximum atomic E-state index is 2.43. The van der Waals surface area contributed by atoms with Gasteiger partial charge >= 0.3 is 0 Å². The first-order valence-electron chi connectivity index (χ1n) is 6.73. The molecule has 3 rings (SSSR count). The Bertz CT molecular complexity index is 649. The molecule has 19 heavy (non-hydrogen) atoms. The third kappa shape index (κ3) is 2.34. The largest absolute Gasteiger partial charge is 0.105 e. The molecule has 2 aromatic carbocycles. The molecule has 0 fully saturated rings. The Kier molecular flexibility index (Phi) is 3.00. The maximum Gasteiger partial charge on any atom is 0.105 e.